The first-order valence-electron chi connectivity index (χ1n) is 6.73. The van der Waals surface area contributed by atoms with Gasteiger partial charge in [-0.25, -0.2) is 4.79 Å². The molecule has 0 unspecified atom stereocenters. The fourth-order valence-electron chi connectivity index (χ4n) is 2.21. The van der Waals surface area contributed by atoms with Crippen LogP contribution in [0, 0.1) is 0 Å². The Hall–Kier alpha value is -2.54. The molecule has 0 aliphatic carbocycles. The van der Waals surface area contributed by atoms with E-state index in [1.165, 1.54) is 6.20 Å². The zero-order valence-corrected chi connectivity index (χ0v) is 11.4. The first kappa shape index (κ1) is 13.4. The van der Waals surface area contributed by atoms with Gasteiger partial charge in [-0.1, -0.05) is 17.3 Å². The van der Waals surface area contributed by atoms with Crippen molar-refractivity contribution in [3.8, 4) is 0 Å². The maximum Gasteiger partial charge on any atom is 0.326 e. The molecule has 0 bridgehead atoms. The third-order valence-corrected chi connectivity index (χ3v) is 3.18. The van der Waals surface area contributed by atoms with Crippen molar-refractivity contribution in [1.29, 1.82) is 0 Å². The number of hydrogen-bond acceptors (Lipinski definition) is 5. The average Bonchev–Trinajstić information content (AvgIpc) is 3.01. The lowest BCUT2D eigenvalue weighted by Gasteiger charge is -2.30. The molecule has 2 aromatic rings. The van der Waals surface area contributed by atoms with Gasteiger partial charge in [0.05, 0.1) is 30.8 Å². The molecule has 2 heterocycles. The SMILES string of the molecule is O=C(Nc1ccno1)Nc1ccccc1N1CCOCC1. The highest BCUT2D eigenvalue weighted by Gasteiger charge is 2.15. The molecule has 0 radical (unpaired) electrons. The van der Waals surface area contributed by atoms with Crippen LogP contribution in [0.15, 0.2) is 41.1 Å². The van der Waals surface area contributed by atoms with E-state index in [0.29, 0.717) is 19.1 Å². The van der Waals surface area contributed by atoms with Crippen LogP contribution in [0.5, 0.6) is 0 Å². The van der Waals surface area contributed by atoms with E-state index in [4.69, 9.17) is 9.26 Å². The molecule has 1 aliphatic heterocycles. The summed E-state index contributed by atoms with van der Waals surface area (Å²) < 4.78 is 10.2. The molecule has 1 saturated heterocycles. The van der Waals surface area contributed by atoms with Gasteiger partial charge in [0.1, 0.15) is 0 Å². The molecule has 1 aromatic carbocycles. The Labute approximate surface area is 121 Å². The highest BCUT2D eigenvalue weighted by atomic mass is 16.5. The minimum Gasteiger partial charge on any atom is -0.378 e. The van der Waals surface area contributed by atoms with Gasteiger partial charge < -0.3 is 19.5 Å². The van der Waals surface area contributed by atoms with Gasteiger partial charge in [-0.15, -0.1) is 0 Å². The number of para-hydroxylation sites is 2. The van der Waals surface area contributed by atoms with Gasteiger partial charge in [-0.2, -0.15) is 0 Å². The number of morpholine rings is 1. The Morgan fingerprint density at radius 3 is 2.71 bits per heavy atom. The average molecular weight is 288 g/mol. The van der Waals surface area contributed by atoms with Gasteiger partial charge in [0.25, 0.3) is 0 Å². The number of nitrogens with zero attached hydrogens (tertiary/aromatic N) is 2. The molecule has 1 aromatic heterocycles. The molecule has 0 saturated carbocycles. The normalized spacial score (nSPS) is 14.8. The quantitative estimate of drug-likeness (QED) is 0.904. The van der Waals surface area contributed by atoms with E-state index in [-0.39, 0.29) is 6.03 Å². The van der Waals surface area contributed by atoms with Crippen LogP contribution in [0.25, 0.3) is 0 Å². The Morgan fingerprint density at radius 2 is 1.95 bits per heavy atom. The van der Waals surface area contributed by atoms with Crippen LogP contribution in [0.2, 0.25) is 0 Å². The number of amides is 2. The summed E-state index contributed by atoms with van der Waals surface area (Å²) in [5.41, 5.74) is 1.73. The third-order valence-electron chi connectivity index (χ3n) is 3.18. The minimum absolute atomic E-state index is 0.302. The second-order valence-corrected chi connectivity index (χ2v) is 4.57. The van der Waals surface area contributed by atoms with Crippen LogP contribution in [-0.4, -0.2) is 37.5 Å². The highest BCUT2D eigenvalue weighted by molar-refractivity contribution is 6.01. The monoisotopic (exact) mass is 288 g/mol. The van der Waals surface area contributed by atoms with Crippen molar-refractivity contribution in [2.45, 2.75) is 0 Å². The molecule has 0 atom stereocenters. The molecular weight excluding hydrogens is 272 g/mol. The first-order chi connectivity index (χ1) is 10.3. The number of aromatic nitrogens is 1. The van der Waals surface area contributed by atoms with Crippen molar-refractivity contribution in [2.24, 2.45) is 0 Å². The summed E-state index contributed by atoms with van der Waals surface area (Å²) in [7, 11) is 0. The highest BCUT2D eigenvalue weighted by Crippen LogP contribution is 2.26. The number of benzene rings is 1. The van der Waals surface area contributed by atoms with E-state index in [1.54, 1.807) is 6.07 Å². The van der Waals surface area contributed by atoms with E-state index >= 15 is 0 Å². The van der Waals surface area contributed by atoms with Gasteiger partial charge >= 0.3 is 6.03 Å². The van der Waals surface area contributed by atoms with Gasteiger partial charge in [0.2, 0.25) is 5.88 Å². The molecule has 2 amide bonds. The summed E-state index contributed by atoms with van der Waals surface area (Å²) in [6, 6.07) is 8.89. The van der Waals surface area contributed by atoms with E-state index in [2.05, 4.69) is 20.7 Å². The third kappa shape index (κ3) is 3.32. The number of carbonyl (C=O) groups is 1. The Morgan fingerprint density at radius 1 is 1.14 bits per heavy atom. The summed E-state index contributed by atoms with van der Waals surface area (Å²) in [5.74, 6) is 0.302. The summed E-state index contributed by atoms with van der Waals surface area (Å²) in [4.78, 5) is 14.1. The van der Waals surface area contributed by atoms with Crippen LogP contribution >= 0.6 is 0 Å². The van der Waals surface area contributed by atoms with Gasteiger partial charge in [0.15, 0.2) is 0 Å². The molecule has 3 rings (SSSR count). The molecule has 110 valence electrons. The molecule has 7 nitrogen and oxygen atoms in total. The number of rotatable bonds is 3. The van der Waals surface area contributed by atoms with Crippen molar-refractivity contribution in [3.05, 3.63) is 36.5 Å². The smallest absolute Gasteiger partial charge is 0.326 e. The molecule has 1 aliphatic rings. The summed E-state index contributed by atoms with van der Waals surface area (Å²) in [5, 5.41) is 8.94. The van der Waals surface area contributed by atoms with E-state index in [9.17, 15) is 4.79 Å². The predicted molar refractivity (Wildman–Crippen MR) is 78.6 cm³/mol. The molecule has 1 fully saturated rings. The topological polar surface area (TPSA) is 79.6 Å². The maximum absolute atomic E-state index is 12.0. The van der Waals surface area contributed by atoms with Crippen molar-refractivity contribution < 1.29 is 14.1 Å². The summed E-state index contributed by atoms with van der Waals surface area (Å²) in [6.07, 6.45) is 1.47. The number of anilines is 3. The zero-order valence-electron chi connectivity index (χ0n) is 11.4. The lowest BCUT2D eigenvalue weighted by atomic mass is 10.2. The number of nitrogens with one attached hydrogen (secondary N) is 2. The van der Waals surface area contributed by atoms with Crippen LogP contribution in [0.1, 0.15) is 0 Å². The summed E-state index contributed by atoms with van der Waals surface area (Å²) in [6.45, 7) is 3.00. The van der Waals surface area contributed by atoms with Crippen LogP contribution < -0.4 is 15.5 Å². The van der Waals surface area contributed by atoms with Crippen molar-refractivity contribution in [3.63, 3.8) is 0 Å². The van der Waals surface area contributed by atoms with E-state index < -0.39 is 0 Å². The van der Waals surface area contributed by atoms with Crippen molar-refractivity contribution >= 4 is 23.3 Å². The van der Waals surface area contributed by atoms with Gasteiger partial charge in [-0.3, -0.25) is 5.32 Å². The number of urea groups is 1. The number of hydrogen-bond donors (Lipinski definition) is 2. The molecular formula is C14H16N4O3. The predicted octanol–water partition coefficient (Wildman–Crippen LogP) is 2.16. The Kier molecular flexibility index (Phi) is 4.02. The molecule has 7 heteroatoms. The largest absolute Gasteiger partial charge is 0.378 e. The van der Waals surface area contributed by atoms with Gasteiger partial charge in [0, 0.05) is 19.2 Å². The van der Waals surface area contributed by atoms with Gasteiger partial charge in [-0.05, 0) is 12.1 Å². The second kappa shape index (κ2) is 6.27. The van der Waals surface area contributed by atoms with E-state index in [0.717, 1.165) is 24.5 Å². The Balaban J connectivity index is 1.71. The molecule has 21 heavy (non-hydrogen) atoms. The Bertz CT molecular complexity index is 594. The fourth-order valence-corrected chi connectivity index (χ4v) is 2.21. The van der Waals surface area contributed by atoms with E-state index in [1.807, 2.05) is 24.3 Å². The van der Waals surface area contributed by atoms with Crippen LogP contribution in [0.3, 0.4) is 0 Å². The van der Waals surface area contributed by atoms with Crippen molar-refractivity contribution in [2.75, 3.05) is 41.8 Å². The lowest BCUT2D eigenvalue weighted by molar-refractivity contribution is 0.123. The standard InChI is InChI=1S/C14H16N4O3/c19-14(17-13-5-6-15-21-13)16-11-3-1-2-4-12(11)18-7-9-20-10-8-18/h1-6H,7-10H2,(H2,16,17,19). The van der Waals surface area contributed by atoms with Crippen LogP contribution in [-0.2, 0) is 4.74 Å². The zero-order chi connectivity index (χ0) is 14.5. The fraction of sp³-hybridized carbons (Fsp3) is 0.286. The molecule has 0 spiro atoms. The minimum atomic E-state index is -0.368. The molecule has 2 N–H and O–H groups in total. The summed E-state index contributed by atoms with van der Waals surface area (Å²) >= 11 is 0. The number of ether oxygens (including phenoxy) is 1. The van der Waals surface area contributed by atoms with Crippen LogP contribution in [0.4, 0.5) is 22.1 Å². The maximum atomic E-state index is 12.0. The van der Waals surface area contributed by atoms with Crippen molar-refractivity contribution in [1.82, 2.24) is 5.16 Å². The second-order valence-electron chi connectivity index (χ2n) is 4.57. The first-order valence-corrected chi connectivity index (χ1v) is 6.73. The number of carbonyl (C=O) groups excluding carboxylic acids is 1. The lowest BCUT2D eigenvalue weighted by Crippen LogP contribution is -2.36.